The van der Waals surface area contributed by atoms with Crippen molar-refractivity contribution in [3.05, 3.63) is 12.2 Å². The van der Waals surface area contributed by atoms with E-state index >= 15 is 0 Å². The quantitative estimate of drug-likeness (QED) is 0.686. The molecule has 2 atom stereocenters. The van der Waals surface area contributed by atoms with Gasteiger partial charge in [-0.2, -0.15) is 0 Å². The van der Waals surface area contributed by atoms with Crippen LogP contribution in [0.15, 0.2) is 12.2 Å². The lowest BCUT2D eigenvalue weighted by Gasteiger charge is -2.59. The highest BCUT2D eigenvalue weighted by Gasteiger charge is 2.56. The number of hydrogen-bond acceptors (Lipinski definition) is 4. The summed E-state index contributed by atoms with van der Waals surface area (Å²) in [4.78, 5) is 12.0. The molecule has 0 spiro atoms. The predicted octanol–water partition coefficient (Wildman–Crippen LogP) is 3.02. The van der Waals surface area contributed by atoms with Crippen molar-refractivity contribution in [1.82, 2.24) is 5.32 Å². The number of amides is 1. The van der Waals surface area contributed by atoms with Crippen LogP contribution in [0.5, 0.6) is 0 Å². The summed E-state index contributed by atoms with van der Waals surface area (Å²) in [7, 11) is 0. The molecule has 1 amide bonds. The second kappa shape index (κ2) is 8.54. The number of halogens is 1. The Morgan fingerprint density at radius 2 is 1.96 bits per heavy atom. The molecule has 0 aromatic carbocycles. The summed E-state index contributed by atoms with van der Waals surface area (Å²) in [6.07, 6.45) is 10.2. The molecule has 0 aromatic heterocycles. The van der Waals surface area contributed by atoms with Crippen LogP contribution in [0.25, 0.3) is 0 Å². The fourth-order valence-electron chi connectivity index (χ4n) is 5.15. The Bertz CT molecular complexity index is 442. The van der Waals surface area contributed by atoms with E-state index in [1.165, 1.54) is 19.3 Å². The van der Waals surface area contributed by atoms with Crippen LogP contribution in [-0.2, 0) is 9.47 Å². The van der Waals surface area contributed by atoms with Crippen molar-refractivity contribution >= 4 is 18.5 Å². The zero-order valence-electron chi connectivity index (χ0n) is 14.5. The molecule has 4 rings (SSSR count). The molecule has 0 radical (unpaired) electrons. The minimum Gasteiger partial charge on any atom is -0.445 e. The second-order valence-corrected chi connectivity index (χ2v) is 7.48. The number of ether oxygens (including phenoxy) is 2. The third kappa shape index (κ3) is 4.24. The van der Waals surface area contributed by atoms with Crippen molar-refractivity contribution in [3.8, 4) is 0 Å². The first-order valence-electron chi connectivity index (χ1n) is 9.08. The maximum absolute atomic E-state index is 12.0. The van der Waals surface area contributed by atoms with Gasteiger partial charge in [0.1, 0.15) is 6.61 Å². The van der Waals surface area contributed by atoms with Crippen molar-refractivity contribution in [1.29, 1.82) is 0 Å². The Labute approximate surface area is 151 Å². The van der Waals surface area contributed by atoms with Gasteiger partial charge in [0.05, 0.1) is 5.60 Å². The molecule has 24 heavy (non-hydrogen) atoms. The molecule has 138 valence electrons. The lowest BCUT2D eigenvalue weighted by molar-refractivity contribution is -0.171. The normalized spacial score (nSPS) is 36.6. The first kappa shape index (κ1) is 19.5. The second-order valence-electron chi connectivity index (χ2n) is 7.48. The molecule has 0 saturated heterocycles. The SMILES string of the molecule is CCCOC12CC3CC(C1)C(NC(=O)OC/C=C/CN)C(C3)C2.Cl. The van der Waals surface area contributed by atoms with E-state index in [1.54, 1.807) is 12.2 Å². The van der Waals surface area contributed by atoms with Gasteiger partial charge in [-0.3, -0.25) is 0 Å². The van der Waals surface area contributed by atoms with E-state index in [9.17, 15) is 4.79 Å². The van der Waals surface area contributed by atoms with Crippen LogP contribution < -0.4 is 11.1 Å². The molecule has 0 aliphatic heterocycles. The molecule has 4 aliphatic carbocycles. The van der Waals surface area contributed by atoms with Crippen LogP contribution in [0, 0.1) is 17.8 Å². The number of hydrogen-bond donors (Lipinski definition) is 2. The number of carbonyl (C=O) groups excluding carboxylic acids is 1. The standard InChI is InChI=1S/C18H30N2O3.ClH/c1-2-6-23-18-10-13-8-14(11-18)16(15(9-13)12-18)20-17(21)22-7-4-3-5-19;/h3-4,13-16H,2,5-12,19H2,1H3,(H,20,21);1H/b4-3+;. The molecular weight excluding hydrogens is 328 g/mol. The number of carbonyl (C=O) groups is 1. The van der Waals surface area contributed by atoms with Gasteiger partial charge in [0.15, 0.2) is 0 Å². The van der Waals surface area contributed by atoms with E-state index in [0.717, 1.165) is 31.8 Å². The Morgan fingerprint density at radius 1 is 1.25 bits per heavy atom. The van der Waals surface area contributed by atoms with Crippen LogP contribution in [0.3, 0.4) is 0 Å². The van der Waals surface area contributed by atoms with Gasteiger partial charge in [-0.15, -0.1) is 12.4 Å². The first-order valence-corrected chi connectivity index (χ1v) is 9.08. The zero-order chi connectivity index (χ0) is 16.3. The van der Waals surface area contributed by atoms with Crippen molar-refractivity contribution in [3.63, 3.8) is 0 Å². The van der Waals surface area contributed by atoms with Gasteiger partial charge in [-0.1, -0.05) is 13.0 Å². The lowest BCUT2D eigenvalue weighted by Crippen LogP contribution is -2.62. The van der Waals surface area contributed by atoms with Gasteiger partial charge in [0, 0.05) is 19.2 Å². The van der Waals surface area contributed by atoms with Crippen molar-refractivity contribution in [2.45, 2.75) is 57.1 Å². The average Bonchev–Trinajstić information content (AvgIpc) is 2.52. The molecule has 0 aromatic rings. The number of nitrogens with one attached hydrogen (secondary N) is 1. The number of alkyl carbamates (subject to hydrolysis) is 1. The lowest BCUT2D eigenvalue weighted by atomic mass is 9.52. The highest BCUT2D eigenvalue weighted by atomic mass is 35.5. The fourth-order valence-corrected chi connectivity index (χ4v) is 5.15. The van der Waals surface area contributed by atoms with Gasteiger partial charge in [-0.05, 0) is 62.4 Å². The monoisotopic (exact) mass is 358 g/mol. The molecule has 0 heterocycles. The Balaban J connectivity index is 0.00000208. The Hall–Kier alpha value is -0.780. The van der Waals surface area contributed by atoms with E-state index in [1.807, 2.05) is 0 Å². The van der Waals surface area contributed by atoms with E-state index in [0.29, 0.717) is 18.4 Å². The van der Waals surface area contributed by atoms with Crippen LogP contribution >= 0.6 is 12.4 Å². The zero-order valence-corrected chi connectivity index (χ0v) is 15.4. The Kier molecular flexibility index (Phi) is 6.96. The third-order valence-electron chi connectivity index (χ3n) is 5.73. The van der Waals surface area contributed by atoms with Crippen LogP contribution in [0.2, 0.25) is 0 Å². The van der Waals surface area contributed by atoms with E-state index < -0.39 is 0 Å². The average molecular weight is 359 g/mol. The molecule has 4 saturated carbocycles. The van der Waals surface area contributed by atoms with E-state index in [2.05, 4.69) is 12.2 Å². The van der Waals surface area contributed by atoms with Gasteiger partial charge < -0.3 is 20.5 Å². The number of nitrogens with two attached hydrogens (primary N) is 1. The summed E-state index contributed by atoms with van der Waals surface area (Å²) in [5.41, 5.74) is 5.46. The molecule has 4 bridgehead atoms. The van der Waals surface area contributed by atoms with Crippen LogP contribution in [0.4, 0.5) is 4.79 Å². The summed E-state index contributed by atoms with van der Waals surface area (Å²) in [6.45, 7) is 3.79. The maximum Gasteiger partial charge on any atom is 0.407 e. The molecule has 5 nitrogen and oxygen atoms in total. The summed E-state index contributed by atoms with van der Waals surface area (Å²) < 4.78 is 11.5. The highest BCUT2D eigenvalue weighted by Crippen LogP contribution is 2.57. The fraction of sp³-hybridized carbons (Fsp3) is 0.833. The van der Waals surface area contributed by atoms with Crippen molar-refractivity contribution < 1.29 is 14.3 Å². The maximum atomic E-state index is 12.0. The number of rotatable bonds is 7. The molecular formula is C18H31ClN2O3. The molecule has 3 N–H and O–H groups in total. The highest BCUT2D eigenvalue weighted by molar-refractivity contribution is 5.85. The van der Waals surface area contributed by atoms with Crippen LogP contribution in [0.1, 0.15) is 45.4 Å². The summed E-state index contributed by atoms with van der Waals surface area (Å²) in [5, 5.41) is 3.13. The van der Waals surface area contributed by atoms with Gasteiger partial charge in [0.25, 0.3) is 0 Å². The van der Waals surface area contributed by atoms with Crippen molar-refractivity contribution in [2.24, 2.45) is 23.5 Å². The van der Waals surface area contributed by atoms with Crippen molar-refractivity contribution in [2.75, 3.05) is 19.8 Å². The topological polar surface area (TPSA) is 73.6 Å². The van der Waals surface area contributed by atoms with Gasteiger partial charge in [0.2, 0.25) is 0 Å². The van der Waals surface area contributed by atoms with E-state index in [4.69, 9.17) is 15.2 Å². The summed E-state index contributed by atoms with van der Waals surface area (Å²) in [6, 6.07) is 0.260. The van der Waals surface area contributed by atoms with E-state index in [-0.39, 0.29) is 36.8 Å². The minimum atomic E-state index is -0.298. The predicted molar refractivity (Wildman–Crippen MR) is 96.2 cm³/mol. The summed E-state index contributed by atoms with van der Waals surface area (Å²) in [5.74, 6) is 1.88. The third-order valence-corrected chi connectivity index (χ3v) is 5.73. The largest absolute Gasteiger partial charge is 0.445 e. The molecule has 4 fully saturated rings. The molecule has 2 unspecified atom stereocenters. The minimum absolute atomic E-state index is 0. The van der Waals surface area contributed by atoms with Gasteiger partial charge >= 0.3 is 6.09 Å². The van der Waals surface area contributed by atoms with Gasteiger partial charge in [-0.25, -0.2) is 4.79 Å². The molecule has 4 aliphatic rings. The smallest absolute Gasteiger partial charge is 0.407 e. The van der Waals surface area contributed by atoms with Crippen LogP contribution in [-0.4, -0.2) is 37.5 Å². The summed E-state index contributed by atoms with van der Waals surface area (Å²) >= 11 is 0. The Morgan fingerprint density at radius 3 is 2.58 bits per heavy atom. The first-order chi connectivity index (χ1) is 11.2. The molecule has 6 heteroatoms.